The van der Waals surface area contributed by atoms with Crippen molar-refractivity contribution < 1.29 is 22.8 Å². The van der Waals surface area contributed by atoms with E-state index >= 15 is 0 Å². The molecule has 9 heteroatoms. The van der Waals surface area contributed by atoms with E-state index in [2.05, 4.69) is 9.72 Å². The Hall–Kier alpha value is -1.13. The van der Waals surface area contributed by atoms with Gasteiger partial charge >= 0.3 is 18.1 Å². The molecule has 0 N–H and O–H groups in total. The van der Waals surface area contributed by atoms with Crippen molar-refractivity contribution >= 4 is 28.4 Å². The fraction of sp³-hybridized carbons (Fsp3) is 0.286. The second kappa shape index (κ2) is 4.39. The Kier molecular flexibility index (Phi) is 3.55. The predicted octanol–water partition coefficient (Wildman–Crippen LogP) is 2.80. The lowest BCUT2D eigenvalue weighted by molar-refractivity contribution is -0.390. The van der Waals surface area contributed by atoms with E-state index in [1.165, 1.54) is 6.92 Å². The van der Waals surface area contributed by atoms with Gasteiger partial charge in [0.2, 0.25) is 0 Å². The SMILES string of the molecule is Cc1cc([N+](=O)[O-])nc(OC(F)(F)F)c1I. The van der Waals surface area contributed by atoms with E-state index in [4.69, 9.17) is 0 Å². The molecule has 1 aromatic rings. The number of pyridine rings is 1. The zero-order valence-corrected chi connectivity index (χ0v) is 9.87. The molecule has 5 nitrogen and oxygen atoms in total. The minimum atomic E-state index is -4.92. The largest absolute Gasteiger partial charge is 0.575 e. The van der Waals surface area contributed by atoms with E-state index in [9.17, 15) is 23.3 Å². The van der Waals surface area contributed by atoms with Crippen LogP contribution in [0.1, 0.15) is 5.56 Å². The van der Waals surface area contributed by atoms with Gasteiger partial charge in [-0.2, -0.15) is 0 Å². The zero-order valence-electron chi connectivity index (χ0n) is 7.71. The molecule has 0 spiro atoms. The lowest BCUT2D eigenvalue weighted by Gasteiger charge is -2.07. The smallest absolute Gasteiger partial charge is 0.366 e. The van der Waals surface area contributed by atoms with Gasteiger partial charge in [-0.25, -0.2) is 0 Å². The van der Waals surface area contributed by atoms with Crippen LogP contribution >= 0.6 is 22.6 Å². The summed E-state index contributed by atoms with van der Waals surface area (Å²) in [6.07, 6.45) is -4.92. The van der Waals surface area contributed by atoms with Gasteiger partial charge < -0.3 is 14.9 Å². The number of rotatable bonds is 2. The van der Waals surface area contributed by atoms with E-state index in [1.807, 2.05) is 0 Å². The number of halogens is 4. The van der Waals surface area contributed by atoms with Crippen LogP contribution in [-0.2, 0) is 0 Å². The summed E-state index contributed by atoms with van der Waals surface area (Å²) >= 11 is 1.57. The van der Waals surface area contributed by atoms with Crippen molar-refractivity contribution in [2.45, 2.75) is 13.3 Å². The first-order valence-electron chi connectivity index (χ1n) is 3.78. The third-order valence-corrected chi connectivity index (χ3v) is 2.81. The summed E-state index contributed by atoms with van der Waals surface area (Å²) in [5, 5.41) is 10.4. The fourth-order valence-electron chi connectivity index (χ4n) is 0.882. The molecule has 1 rings (SSSR count). The van der Waals surface area contributed by atoms with Crippen LogP contribution in [-0.4, -0.2) is 16.3 Å². The minimum Gasteiger partial charge on any atom is -0.366 e. The van der Waals surface area contributed by atoms with Gasteiger partial charge in [0.1, 0.15) is 3.57 Å². The summed E-state index contributed by atoms with van der Waals surface area (Å²) < 4.78 is 39.5. The van der Waals surface area contributed by atoms with Gasteiger partial charge in [0.25, 0.3) is 0 Å². The summed E-state index contributed by atoms with van der Waals surface area (Å²) in [4.78, 5) is 12.7. The van der Waals surface area contributed by atoms with Crippen LogP contribution in [0.25, 0.3) is 0 Å². The molecular formula is C7H4F3IN2O3. The molecule has 0 aromatic carbocycles. The molecule has 0 atom stereocenters. The summed E-state index contributed by atoms with van der Waals surface area (Å²) in [7, 11) is 0. The van der Waals surface area contributed by atoms with Crippen LogP contribution in [0.2, 0.25) is 0 Å². The van der Waals surface area contributed by atoms with Gasteiger partial charge in [-0.15, -0.1) is 13.2 Å². The molecule has 0 saturated carbocycles. The van der Waals surface area contributed by atoms with Crippen molar-refractivity contribution in [3.05, 3.63) is 25.3 Å². The van der Waals surface area contributed by atoms with Crippen molar-refractivity contribution in [1.82, 2.24) is 4.98 Å². The fourth-order valence-corrected chi connectivity index (χ4v) is 1.27. The molecule has 16 heavy (non-hydrogen) atoms. The Morgan fingerprint density at radius 3 is 2.56 bits per heavy atom. The van der Waals surface area contributed by atoms with E-state index in [0.717, 1.165) is 6.07 Å². The standard InChI is InChI=1S/C7H4F3IN2O3/c1-3-2-4(13(14)15)12-6(5(3)11)16-7(8,9)10/h2H,1H3. The summed E-state index contributed by atoms with van der Waals surface area (Å²) in [6, 6.07) is 1.07. The number of aromatic nitrogens is 1. The molecule has 0 fully saturated rings. The van der Waals surface area contributed by atoms with Crippen molar-refractivity contribution in [3.63, 3.8) is 0 Å². The van der Waals surface area contributed by atoms with Crippen LogP contribution in [0.3, 0.4) is 0 Å². The first kappa shape index (κ1) is 12.9. The topological polar surface area (TPSA) is 65.3 Å². The number of nitro groups is 1. The Labute approximate surface area is 101 Å². The van der Waals surface area contributed by atoms with Gasteiger partial charge in [0.05, 0.1) is 0 Å². The number of hydrogen-bond acceptors (Lipinski definition) is 4. The van der Waals surface area contributed by atoms with Crippen molar-refractivity contribution in [2.24, 2.45) is 0 Å². The Morgan fingerprint density at radius 1 is 1.56 bits per heavy atom. The molecular weight excluding hydrogens is 344 g/mol. The number of ether oxygens (including phenoxy) is 1. The molecule has 1 heterocycles. The molecule has 0 unspecified atom stereocenters. The highest BCUT2D eigenvalue weighted by molar-refractivity contribution is 14.1. The molecule has 88 valence electrons. The lowest BCUT2D eigenvalue weighted by atomic mass is 10.3. The predicted molar refractivity (Wildman–Crippen MR) is 55.0 cm³/mol. The van der Waals surface area contributed by atoms with Crippen molar-refractivity contribution in [2.75, 3.05) is 0 Å². The molecule has 0 amide bonds. The van der Waals surface area contributed by atoms with Crippen molar-refractivity contribution in [1.29, 1.82) is 0 Å². The average Bonchev–Trinajstić information content (AvgIpc) is 2.10. The molecule has 0 aliphatic heterocycles. The van der Waals surface area contributed by atoms with E-state index < -0.39 is 23.0 Å². The molecule has 0 bridgehead atoms. The van der Waals surface area contributed by atoms with Crippen LogP contribution in [0.5, 0.6) is 5.88 Å². The van der Waals surface area contributed by atoms with Crippen LogP contribution < -0.4 is 4.74 Å². The molecule has 1 aromatic heterocycles. The van der Waals surface area contributed by atoms with Gasteiger partial charge in [-0.1, -0.05) is 0 Å². The third-order valence-electron chi connectivity index (χ3n) is 1.50. The molecule has 0 aliphatic rings. The minimum absolute atomic E-state index is 0.0838. The van der Waals surface area contributed by atoms with E-state index in [1.54, 1.807) is 22.6 Å². The summed E-state index contributed by atoms with van der Waals surface area (Å²) in [6.45, 7) is 1.43. The first-order chi connectivity index (χ1) is 7.20. The second-order valence-electron chi connectivity index (χ2n) is 2.72. The Balaban J connectivity index is 3.22. The van der Waals surface area contributed by atoms with Gasteiger partial charge in [0, 0.05) is 11.1 Å². The number of nitrogens with zero attached hydrogens (tertiary/aromatic N) is 2. The van der Waals surface area contributed by atoms with Crippen LogP contribution in [0.15, 0.2) is 6.07 Å². The molecule has 0 aliphatic carbocycles. The third kappa shape index (κ3) is 3.18. The monoisotopic (exact) mass is 348 g/mol. The average molecular weight is 348 g/mol. The highest BCUT2D eigenvalue weighted by atomic mass is 127. The number of aryl methyl sites for hydroxylation is 1. The zero-order chi connectivity index (χ0) is 12.5. The Morgan fingerprint density at radius 2 is 2.12 bits per heavy atom. The maximum Gasteiger partial charge on any atom is 0.575 e. The normalized spacial score (nSPS) is 11.3. The number of alkyl halides is 3. The molecule has 0 radical (unpaired) electrons. The highest BCUT2D eigenvalue weighted by Crippen LogP contribution is 2.30. The van der Waals surface area contributed by atoms with Crippen molar-refractivity contribution in [3.8, 4) is 5.88 Å². The first-order valence-corrected chi connectivity index (χ1v) is 4.86. The summed E-state index contributed by atoms with van der Waals surface area (Å²) in [5.74, 6) is -1.49. The second-order valence-corrected chi connectivity index (χ2v) is 3.80. The summed E-state index contributed by atoms with van der Waals surface area (Å²) in [5.41, 5.74) is 0.293. The van der Waals surface area contributed by atoms with Gasteiger partial charge in [-0.05, 0) is 40.0 Å². The maximum atomic E-state index is 12.0. The lowest BCUT2D eigenvalue weighted by Crippen LogP contribution is -2.19. The molecule has 0 saturated heterocycles. The quantitative estimate of drug-likeness (QED) is 0.468. The van der Waals surface area contributed by atoms with Gasteiger partial charge in [0.15, 0.2) is 0 Å². The maximum absolute atomic E-state index is 12.0. The van der Waals surface area contributed by atoms with E-state index in [0.29, 0.717) is 5.56 Å². The van der Waals surface area contributed by atoms with Gasteiger partial charge in [-0.3, -0.25) is 0 Å². The number of hydrogen-bond donors (Lipinski definition) is 0. The van der Waals surface area contributed by atoms with Crippen LogP contribution in [0, 0.1) is 20.6 Å². The highest BCUT2D eigenvalue weighted by Gasteiger charge is 2.35. The Bertz CT molecular complexity index is 436. The van der Waals surface area contributed by atoms with E-state index in [-0.39, 0.29) is 3.57 Å². The van der Waals surface area contributed by atoms with Crippen LogP contribution in [0.4, 0.5) is 19.0 Å².